The quantitative estimate of drug-likeness (QED) is 0.343. The molecule has 11 heteroatoms. The normalized spacial score (nSPS) is 14.5. The van der Waals surface area contributed by atoms with E-state index in [0.717, 1.165) is 42.4 Å². The number of nitrogens with zero attached hydrogens (tertiary/aromatic N) is 3. The maximum absolute atomic E-state index is 12.5. The predicted molar refractivity (Wildman–Crippen MR) is 135 cm³/mol. The highest BCUT2D eigenvalue weighted by Crippen LogP contribution is 2.47. The van der Waals surface area contributed by atoms with Crippen LogP contribution in [-0.4, -0.2) is 52.2 Å². The van der Waals surface area contributed by atoms with Crippen LogP contribution < -0.4 is 20.7 Å². The summed E-state index contributed by atoms with van der Waals surface area (Å²) in [6.07, 6.45) is 5.20. The van der Waals surface area contributed by atoms with E-state index in [0.29, 0.717) is 17.1 Å². The average molecular weight is 503 g/mol. The van der Waals surface area contributed by atoms with Gasteiger partial charge in [-0.25, -0.2) is 9.78 Å². The standard InChI is InChI=1S/C26H26N6O5/c1-27-25(34)22-19(11-21(31-32-22)30-24(33)14-8-9-14)29-18-5-3-4-15(23(18)37-2)17-12-28-20(26(35)36)10-16(17)13-6-7-13/h3-5,10-14H,6-9H2,1-2H3,(H,27,34)(H,35,36)(H2,29,30,31,33). The van der Waals surface area contributed by atoms with Crippen LogP contribution in [0.2, 0.25) is 0 Å². The van der Waals surface area contributed by atoms with Crippen LogP contribution in [0.5, 0.6) is 5.75 Å². The number of carboxylic acid groups (broad SMARTS) is 1. The monoisotopic (exact) mass is 502 g/mol. The number of carbonyl (C=O) groups is 3. The number of pyridine rings is 1. The molecule has 4 N–H and O–H groups in total. The minimum absolute atomic E-state index is 0.00208. The number of ether oxygens (including phenoxy) is 1. The summed E-state index contributed by atoms with van der Waals surface area (Å²) in [5.41, 5.74) is 3.33. The fraction of sp³-hybridized carbons (Fsp3) is 0.308. The summed E-state index contributed by atoms with van der Waals surface area (Å²) in [6.45, 7) is 0. The Morgan fingerprint density at radius 2 is 1.81 bits per heavy atom. The minimum atomic E-state index is -1.08. The zero-order valence-corrected chi connectivity index (χ0v) is 20.4. The van der Waals surface area contributed by atoms with E-state index >= 15 is 0 Å². The fourth-order valence-corrected chi connectivity index (χ4v) is 4.17. The van der Waals surface area contributed by atoms with Crippen molar-refractivity contribution in [3.05, 3.63) is 53.5 Å². The average Bonchev–Trinajstić information content (AvgIpc) is 3.81. The van der Waals surface area contributed by atoms with Crippen LogP contribution in [0.1, 0.15) is 58.1 Å². The topological polar surface area (TPSA) is 155 Å². The highest BCUT2D eigenvalue weighted by molar-refractivity contribution is 6.00. The number of nitrogens with one attached hydrogen (secondary N) is 3. The van der Waals surface area contributed by atoms with Crippen LogP contribution in [0, 0.1) is 5.92 Å². The second-order valence-corrected chi connectivity index (χ2v) is 9.08. The number of rotatable bonds is 9. The lowest BCUT2D eigenvalue weighted by Gasteiger charge is -2.18. The molecule has 2 saturated carbocycles. The summed E-state index contributed by atoms with van der Waals surface area (Å²) in [6, 6.07) is 8.67. The molecule has 0 bridgehead atoms. The van der Waals surface area contributed by atoms with E-state index in [2.05, 4.69) is 31.1 Å². The maximum Gasteiger partial charge on any atom is 0.354 e. The molecule has 2 aromatic heterocycles. The highest BCUT2D eigenvalue weighted by atomic mass is 16.5. The molecule has 0 unspecified atom stereocenters. The van der Waals surface area contributed by atoms with Crippen molar-refractivity contribution in [1.82, 2.24) is 20.5 Å². The van der Waals surface area contributed by atoms with Gasteiger partial charge in [0.2, 0.25) is 5.91 Å². The van der Waals surface area contributed by atoms with Gasteiger partial charge in [0.1, 0.15) is 11.4 Å². The van der Waals surface area contributed by atoms with Crippen molar-refractivity contribution in [2.45, 2.75) is 31.6 Å². The van der Waals surface area contributed by atoms with Crippen molar-refractivity contribution in [2.24, 2.45) is 5.92 Å². The van der Waals surface area contributed by atoms with Crippen LogP contribution in [0.15, 0.2) is 36.5 Å². The molecule has 5 rings (SSSR count). The van der Waals surface area contributed by atoms with Crippen LogP contribution >= 0.6 is 0 Å². The summed E-state index contributed by atoms with van der Waals surface area (Å²) < 4.78 is 5.78. The largest absolute Gasteiger partial charge is 0.494 e. The number of methoxy groups -OCH3 is 1. The third kappa shape index (κ3) is 5.06. The molecular weight excluding hydrogens is 476 g/mol. The molecule has 190 valence electrons. The zero-order valence-electron chi connectivity index (χ0n) is 20.4. The van der Waals surface area contributed by atoms with Gasteiger partial charge in [-0.1, -0.05) is 12.1 Å². The minimum Gasteiger partial charge on any atom is -0.494 e. The van der Waals surface area contributed by atoms with Crippen LogP contribution in [0.25, 0.3) is 11.1 Å². The molecule has 1 aromatic carbocycles. The van der Waals surface area contributed by atoms with Gasteiger partial charge in [-0.15, -0.1) is 10.2 Å². The highest BCUT2D eigenvalue weighted by Gasteiger charge is 2.31. The molecule has 0 saturated heterocycles. The van der Waals surface area contributed by atoms with Gasteiger partial charge in [0.15, 0.2) is 11.5 Å². The summed E-state index contributed by atoms with van der Waals surface area (Å²) in [5.74, 6) is -0.696. The van der Waals surface area contributed by atoms with Crippen LogP contribution in [-0.2, 0) is 4.79 Å². The first-order valence-corrected chi connectivity index (χ1v) is 12.0. The number of hydrogen-bond acceptors (Lipinski definition) is 8. The van der Waals surface area contributed by atoms with Crippen molar-refractivity contribution in [3.8, 4) is 16.9 Å². The van der Waals surface area contributed by atoms with Crippen LogP contribution in [0.4, 0.5) is 17.2 Å². The first kappa shape index (κ1) is 24.2. The number of aromatic nitrogens is 3. The lowest BCUT2D eigenvalue weighted by Crippen LogP contribution is -2.22. The van der Waals surface area contributed by atoms with Crippen molar-refractivity contribution >= 4 is 35.0 Å². The van der Waals surface area contributed by atoms with Crippen molar-refractivity contribution < 1.29 is 24.2 Å². The molecule has 2 aliphatic carbocycles. The zero-order chi connectivity index (χ0) is 26.1. The Hall–Kier alpha value is -4.54. The Kier molecular flexibility index (Phi) is 6.43. The van der Waals surface area contributed by atoms with Crippen LogP contribution in [0.3, 0.4) is 0 Å². The smallest absolute Gasteiger partial charge is 0.354 e. The number of para-hydroxylation sites is 1. The number of carboxylic acids is 1. The molecule has 2 amide bonds. The van der Waals surface area contributed by atoms with Gasteiger partial charge >= 0.3 is 5.97 Å². The Morgan fingerprint density at radius 3 is 2.46 bits per heavy atom. The third-order valence-electron chi connectivity index (χ3n) is 6.39. The molecule has 0 aliphatic heterocycles. The van der Waals surface area contributed by atoms with E-state index < -0.39 is 11.9 Å². The first-order valence-electron chi connectivity index (χ1n) is 12.0. The van der Waals surface area contributed by atoms with E-state index in [1.807, 2.05) is 12.1 Å². The lowest BCUT2D eigenvalue weighted by molar-refractivity contribution is -0.117. The molecule has 0 radical (unpaired) electrons. The SMILES string of the molecule is CNC(=O)c1nnc(NC(=O)C2CC2)cc1Nc1cccc(-c2cnc(C(=O)O)cc2C2CC2)c1OC. The summed E-state index contributed by atoms with van der Waals surface area (Å²) in [5, 5.41) is 26.0. The first-order chi connectivity index (χ1) is 17.9. The Balaban J connectivity index is 1.54. The number of aromatic carboxylic acids is 1. The van der Waals surface area contributed by atoms with Gasteiger partial charge in [-0.3, -0.25) is 9.59 Å². The Bertz CT molecular complexity index is 1400. The molecule has 3 aromatic rings. The van der Waals surface area contributed by atoms with E-state index in [4.69, 9.17) is 4.74 Å². The number of hydrogen-bond donors (Lipinski definition) is 4. The number of benzene rings is 1. The van der Waals surface area contributed by atoms with Gasteiger partial charge in [-0.05, 0) is 49.3 Å². The third-order valence-corrected chi connectivity index (χ3v) is 6.39. The molecule has 2 aliphatic rings. The van der Waals surface area contributed by atoms with Gasteiger partial charge in [-0.2, -0.15) is 0 Å². The number of carbonyl (C=O) groups excluding carboxylic acids is 2. The number of amides is 2. The molecular formula is C26H26N6O5. The molecule has 0 atom stereocenters. The fourth-order valence-electron chi connectivity index (χ4n) is 4.17. The summed E-state index contributed by atoms with van der Waals surface area (Å²) >= 11 is 0. The molecule has 11 nitrogen and oxygen atoms in total. The van der Waals surface area contributed by atoms with Crippen molar-refractivity contribution in [2.75, 3.05) is 24.8 Å². The second kappa shape index (κ2) is 9.84. The van der Waals surface area contributed by atoms with Gasteiger partial charge in [0.25, 0.3) is 5.91 Å². The van der Waals surface area contributed by atoms with E-state index in [9.17, 15) is 19.5 Å². The van der Waals surface area contributed by atoms with E-state index in [1.165, 1.54) is 14.2 Å². The van der Waals surface area contributed by atoms with Gasteiger partial charge in [0.05, 0.1) is 18.5 Å². The molecule has 37 heavy (non-hydrogen) atoms. The molecule has 0 spiro atoms. The van der Waals surface area contributed by atoms with E-state index in [-0.39, 0.29) is 34.9 Å². The number of anilines is 3. The Morgan fingerprint density at radius 1 is 1.03 bits per heavy atom. The predicted octanol–water partition coefficient (Wildman–Crippen LogP) is 3.57. The lowest BCUT2D eigenvalue weighted by atomic mass is 9.96. The van der Waals surface area contributed by atoms with Crippen molar-refractivity contribution in [1.29, 1.82) is 0 Å². The Labute approximate surface area is 212 Å². The molecule has 2 heterocycles. The van der Waals surface area contributed by atoms with E-state index in [1.54, 1.807) is 24.4 Å². The summed E-state index contributed by atoms with van der Waals surface area (Å²) in [4.78, 5) is 40.4. The second-order valence-electron chi connectivity index (χ2n) is 9.08. The van der Waals surface area contributed by atoms with Gasteiger partial charge < -0.3 is 25.8 Å². The summed E-state index contributed by atoms with van der Waals surface area (Å²) in [7, 11) is 3.02. The molecule has 2 fully saturated rings. The maximum atomic E-state index is 12.5. The van der Waals surface area contributed by atoms with Gasteiger partial charge in [0, 0.05) is 36.4 Å². The van der Waals surface area contributed by atoms with Crippen molar-refractivity contribution in [3.63, 3.8) is 0 Å².